The van der Waals surface area contributed by atoms with Crippen molar-refractivity contribution in [1.29, 1.82) is 0 Å². The molecule has 0 bridgehead atoms. The number of benzene rings is 1. The first kappa shape index (κ1) is 23.5. The maximum atomic E-state index is 13.0. The summed E-state index contributed by atoms with van der Waals surface area (Å²) in [6, 6.07) is 9.22. The van der Waals surface area contributed by atoms with Crippen molar-refractivity contribution >= 4 is 11.8 Å². The highest BCUT2D eigenvalue weighted by Gasteiger charge is 2.24. The summed E-state index contributed by atoms with van der Waals surface area (Å²) < 4.78 is 11.6. The van der Waals surface area contributed by atoms with Crippen LogP contribution in [0.3, 0.4) is 0 Å². The lowest BCUT2D eigenvalue weighted by molar-refractivity contribution is -0.123. The third-order valence-corrected chi connectivity index (χ3v) is 5.11. The number of piperazine rings is 1. The fraction of sp³-hybridized carbons (Fsp3) is 0.458. The minimum absolute atomic E-state index is 0.0171. The minimum atomic E-state index is -0.0436. The number of aromatic nitrogens is 1. The number of nitrogens with zero attached hydrogens (tertiary/aromatic N) is 3. The summed E-state index contributed by atoms with van der Waals surface area (Å²) in [6.07, 6.45) is 3.45. The van der Waals surface area contributed by atoms with Crippen LogP contribution in [0.4, 0.5) is 0 Å². The lowest BCUT2D eigenvalue weighted by atomic mass is 10.1. The summed E-state index contributed by atoms with van der Waals surface area (Å²) in [5, 5.41) is 2.90. The van der Waals surface area contributed by atoms with E-state index in [2.05, 4.69) is 15.2 Å². The SMILES string of the molecule is CCOc1cc(C(=O)N2CCN(CC(=O)NC(C)C)CC2)ccc1OCc1ccncc1. The number of amides is 2. The van der Waals surface area contributed by atoms with Crippen molar-refractivity contribution in [2.75, 3.05) is 39.3 Å². The summed E-state index contributed by atoms with van der Waals surface area (Å²) in [7, 11) is 0. The zero-order chi connectivity index (χ0) is 22.9. The number of carbonyl (C=O) groups excluding carboxylic acids is 2. The second-order valence-corrected chi connectivity index (χ2v) is 8.03. The molecule has 172 valence electrons. The Morgan fingerprint density at radius 3 is 2.41 bits per heavy atom. The molecule has 2 heterocycles. The van der Waals surface area contributed by atoms with Crippen molar-refractivity contribution in [3.05, 3.63) is 53.9 Å². The van der Waals surface area contributed by atoms with Crippen molar-refractivity contribution < 1.29 is 19.1 Å². The van der Waals surface area contributed by atoms with Gasteiger partial charge in [0.05, 0.1) is 13.2 Å². The van der Waals surface area contributed by atoms with Crippen LogP contribution < -0.4 is 14.8 Å². The largest absolute Gasteiger partial charge is 0.490 e. The Hall–Kier alpha value is -3.13. The summed E-state index contributed by atoms with van der Waals surface area (Å²) in [4.78, 5) is 32.9. The molecule has 1 fully saturated rings. The number of ether oxygens (including phenoxy) is 2. The first-order chi connectivity index (χ1) is 15.5. The number of carbonyl (C=O) groups is 2. The molecule has 3 rings (SSSR count). The van der Waals surface area contributed by atoms with Crippen molar-refractivity contribution in [1.82, 2.24) is 20.1 Å². The predicted molar refractivity (Wildman–Crippen MR) is 122 cm³/mol. The topological polar surface area (TPSA) is 84.0 Å². The van der Waals surface area contributed by atoms with E-state index in [1.807, 2.05) is 37.8 Å². The van der Waals surface area contributed by atoms with Crippen LogP contribution in [0, 0.1) is 0 Å². The summed E-state index contributed by atoms with van der Waals surface area (Å²) in [5.41, 5.74) is 1.57. The maximum Gasteiger partial charge on any atom is 0.254 e. The molecule has 8 nitrogen and oxygen atoms in total. The van der Waals surface area contributed by atoms with Gasteiger partial charge in [0.25, 0.3) is 5.91 Å². The fourth-order valence-corrected chi connectivity index (χ4v) is 3.53. The smallest absolute Gasteiger partial charge is 0.254 e. The van der Waals surface area contributed by atoms with Crippen molar-refractivity contribution in [2.45, 2.75) is 33.4 Å². The molecule has 0 spiro atoms. The van der Waals surface area contributed by atoms with Crippen molar-refractivity contribution in [3.63, 3.8) is 0 Å². The fourth-order valence-electron chi connectivity index (χ4n) is 3.53. The van der Waals surface area contributed by atoms with Crippen LogP contribution in [0.15, 0.2) is 42.7 Å². The molecule has 1 saturated heterocycles. The van der Waals surface area contributed by atoms with E-state index < -0.39 is 0 Å². The highest BCUT2D eigenvalue weighted by Crippen LogP contribution is 2.30. The molecule has 1 aliphatic heterocycles. The lowest BCUT2D eigenvalue weighted by Gasteiger charge is -2.34. The monoisotopic (exact) mass is 440 g/mol. The normalized spacial score (nSPS) is 14.3. The van der Waals surface area contributed by atoms with Gasteiger partial charge in [-0.25, -0.2) is 0 Å². The van der Waals surface area contributed by atoms with Gasteiger partial charge in [-0.2, -0.15) is 0 Å². The molecule has 1 aromatic carbocycles. The first-order valence-electron chi connectivity index (χ1n) is 11.1. The van der Waals surface area contributed by atoms with E-state index in [0.29, 0.717) is 63.0 Å². The Bertz CT molecular complexity index is 896. The summed E-state index contributed by atoms with van der Waals surface area (Å²) in [6.45, 7) is 9.51. The van der Waals surface area contributed by atoms with E-state index >= 15 is 0 Å². The van der Waals surface area contributed by atoms with Crippen LogP contribution in [0.5, 0.6) is 11.5 Å². The molecule has 2 aromatic rings. The van der Waals surface area contributed by atoms with E-state index in [0.717, 1.165) is 5.56 Å². The average molecular weight is 441 g/mol. The van der Waals surface area contributed by atoms with E-state index in [1.54, 1.807) is 30.6 Å². The van der Waals surface area contributed by atoms with Crippen molar-refractivity contribution in [2.24, 2.45) is 0 Å². The summed E-state index contributed by atoms with van der Waals surface area (Å²) >= 11 is 0. The maximum absolute atomic E-state index is 13.0. The van der Waals surface area contributed by atoms with Gasteiger partial charge in [-0.3, -0.25) is 19.5 Å². The van der Waals surface area contributed by atoms with E-state index in [1.165, 1.54) is 0 Å². The Morgan fingerprint density at radius 1 is 1.03 bits per heavy atom. The molecule has 0 aliphatic carbocycles. The Balaban J connectivity index is 1.59. The van der Waals surface area contributed by atoms with Gasteiger partial charge in [0.1, 0.15) is 6.61 Å². The zero-order valence-corrected chi connectivity index (χ0v) is 19.0. The molecule has 32 heavy (non-hydrogen) atoms. The number of nitrogens with one attached hydrogen (secondary N) is 1. The number of hydrogen-bond acceptors (Lipinski definition) is 6. The van der Waals surface area contributed by atoms with E-state index in [-0.39, 0.29) is 17.9 Å². The quantitative estimate of drug-likeness (QED) is 0.644. The lowest BCUT2D eigenvalue weighted by Crippen LogP contribution is -2.51. The Labute approximate surface area is 189 Å². The first-order valence-corrected chi connectivity index (χ1v) is 11.1. The highest BCUT2D eigenvalue weighted by molar-refractivity contribution is 5.95. The molecular formula is C24H32N4O4. The third kappa shape index (κ3) is 6.68. The number of rotatable bonds is 9. The molecule has 0 unspecified atom stereocenters. The Morgan fingerprint density at radius 2 is 1.75 bits per heavy atom. The summed E-state index contributed by atoms with van der Waals surface area (Å²) in [5.74, 6) is 1.12. The highest BCUT2D eigenvalue weighted by atomic mass is 16.5. The van der Waals surface area contributed by atoms with E-state index in [9.17, 15) is 9.59 Å². The Kier molecular flexibility index (Phi) is 8.44. The second kappa shape index (κ2) is 11.5. The van der Waals surface area contributed by atoms with Gasteiger partial charge in [0.2, 0.25) is 5.91 Å². The molecule has 0 atom stereocenters. The zero-order valence-electron chi connectivity index (χ0n) is 19.0. The minimum Gasteiger partial charge on any atom is -0.490 e. The molecule has 0 radical (unpaired) electrons. The van der Waals surface area contributed by atoms with Gasteiger partial charge in [0.15, 0.2) is 11.5 Å². The van der Waals surface area contributed by atoms with Crippen LogP contribution in [0.2, 0.25) is 0 Å². The molecule has 1 N–H and O–H groups in total. The number of hydrogen-bond donors (Lipinski definition) is 1. The van der Waals surface area contributed by atoms with Crippen LogP contribution >= 0.6 is 0 Å². The van der Waals surface area contributed by atoms with Gasteiger partial charge in [0, 0.05) is 50.2 Å². The van der Waals surface area contributed by atoms with Gasteiger partial charge in [-0.15, -0.1) is 0 Å². The molecular weight excluding hydrogens is 408 g/mol. The number of pyridine rings is 1. The molecule has 0 saturated carbocycles. The van der Waals surface area contributed by atoms with Gasteiger partial charge in [-0.05, 0) is 56.7 Å². The van der Waals surface area contributed by atoms with Crippen LogP contribution in [0.1, 0.15) is 36.7 Å². The van der Waals surface area contributed by atoms with Crippen LogP contribution in [0.25, 0.3) is 0 Å². The average Bonchev–Trinajstić information content (AvgIpc) is 2.78. The van der Waals surface area contributed by atoms with Crippen LogP contribution in [-0.4, -0.2) is 72.0 Å². The van der Waals surface area contributed by atoms with Crippen LogP contribution in [-0.2, 0) is 11.4 Å². The molecule has 2 amide bonds. The second-order valence-electron chi connectivity index (χ2n) is 8.03. The predicted octanol–water partition coefficient (Wildman–Crippen LogP) is 2.34. The molecule has 1 aliphatic rings. The van der Waals surface area contributed by atoms with Gasteiger partial charge < -0.3 is 19.7 Å². The molecule has 8 heteroatoms. The van der Waals surface area contributed by atoms with E-state index in [4.69, 9.17) is 9.47 Å². The molecule has 1 aromatic heterocycles. The van der Waals surface area contributed by atoms with Crippen molar-refractivity contribution in [3.8, 4) is 11.5 Å². The van der Waals surface area contributed by atoms with Gasteiger partial charge in [-0.1, -0.05) is 0 Å². The standard InChI is InChI=1S/C24H32N4O4/c1-4-31-22-15-20(5-6-21(22)32-17-19-7-9-25-10-8-19)24(30)28-13-11-27(12-14-28)16-23(29)26-18(2)3/h5-10,15,18H,4,11-14,16-17H2,1-3H3,(H,26,29). The van der Waals surface area contributed by atoms with Gasteiger partial charge >= 0.3 is 0 Å². The third-order valence-electron chi connectivity index (χ3n) is 5.11.